The maximum Gasteiger partial charge on any atom is 0.280 e. The van der Waals surface area contributed by atoms with Gasteiger partial charge in [-0.2, -0.15) is 4.98 Å². The number of anilines is 1. The monoisotopic (exact) mass is 251 g/mol. The number of hydrogen-bond acceptors (Lipinski definition) is 6. The second kappa shape index (κ2) is 4.07. The highest BCUT2D eigenvalue weighted by Crippen LogP contribution is 2.26. The number of aromatic nitrogens is 4. The van der Waals surface area contributed by atoms with E-state index in [1.165, 1.54) is 0 Å². The predicted octanol–water partition coefficient (Wildman–Crippen LogP) is -0.976. The van der Waals surface area contributed by atoms with Gasteiger partial charge in [-0.1, -0.05) is 0 Å². The Kier molecular flexibility index (Phi) is 2.53. The van der Waals surface area contributed by atoms with E-state index in [0.29, 0.717) is 18.7 Å². The highest BCUT2D eigenvalue weighted by atomic mass is 16.5. The Morgan fingerprint density at radius 2 is 2.50 bits per heavy atom. The maximum atomic E-state index is 11.6. The number of ether oxygens (including phenoxy) is 1. The number of aromatic amines is 1. The van der Waals surface area contributed by atoms with Gasteiger partial charge in [0, 0.05) is 0 Å². The molecule has 1 saturated heterocycles. The Balaban J connectivity index is 2.05. The molecular formula is C10H13N5O3. The molecule has 0 amide bonds. The molecule has 2 atom stereocenters. The number of aliphatic hydroxyl groups is 1. The molecule has 0 bridgehead atoms. The summed E-state index contributed by atoms with van der Waals surface area (Å²) >= 11 is 0. The third-order valence-corrected chi connectivity index (χ3v) is 3.11. The zero-order valence-corrected chi connectivity index (χ0v) is 9.54. The summed E-state index contributed by atoms with van der Waals surface area (Å²) in [5.41, 5.74) is 5.88. The van der Waals surface area contributed by atoms with E-state index in [-0.39, 0.29) is 35.8 Å². The fourth-order valence-electron chi connectivity index (χ4n) is 2.22. The van der Waals surface area contributed by atoms with Crippen molar-refractivity contribution in [3.05, 3.63) is 16.7 Å². The third-order valence-electron chi connectivity index (χ3n) is 3.11. The number of nitrogens with two attached hydrogens (primary N) is 1. The van der Waals surface area contributed by atoms with Gasteiger partial charge in [0.2, 0.25) is 5.95 Å². The zero-order valence-electron chi connectivity index (χ0n) is 9.54. The Labute approximate surface area is 101 Å². The topological polar surface area (TPSA) is 119 Å². The number of hydrogen-bond donors (Lipinski definition) is 3. The van der Waals surface area contributed by atoms with Gasteiger partial charge < -0.3 is 20.1 Å². The number of rotatable bonds is 2. The summed E-state index contributed by atoms with van der Waals surface area (Å²) in [6, 6.07) is 0.0147. The zero-order chi connectivity index (χ0) is 12.7. The minimum atomic E-state index is -0.353. The summed E-state index contributed by atoms with van der Waals surface area (Å²) in [6.07, 6.45) is 2.04. The van der Waals surface area contributed by atoms with Crippen molar-refractivity contribution in [1.82, 2.24) is 19.5 Å². The number of H-pyrrole nitrogens is 1. The molecule has 2 aromatic rings. The molecule has 3 rings (SSSR count). The summed E-state index contributed by atoms with van der Waals surface area (Å²) in [6.45, 7) is 0.449. The lowest BCUT2D eigenvalue weighted by molar-refractivity contribution is 0.0576. The van der Waals surface area contributed by atoms with Crippen LogP contribution in [0.1, 0.15) is 12.5 Å². The summed E-state index contributed by atoms with van der Waals surface area (Å²) in [4.78, 5) is 22.2. The van der Waals surface area contributed by atoms with E-state index in [0.717, 1.165) is 0 Å². The van der Waals surface area contributed by atoms with Crippen LogP contribution in [0.4, 0.5) is 5.95 Å². The first-order valence-corrected chi connectivity index (χ1v) is 5.64. The van der Waals surface area contributed by atoms with Crippen LogP contribution in [-0.2, 0) is 4.74 Å². The van der Waals surface area contributed by atoms with E-state index >= 15 is 0 Å². The van der Waals surface area contributed by atoms with E-state index < -0.39 is 0 Å². The first-order valence-electron chi connectivity index (χ1n) is 5.64. The molecule has 1 fully saturated rings. The van der Waals surface area contributed by atoms with E-state index in [2.05, 4.69) is 15.0 Å². The highest BCUT2D eigenvalue weighted by Gasteiger charge is 2.27. The van der Waals surface area contributed by atoms with Crippen LogP contribution in [0.5, 0.6) is 0 Å². The van der Waals surface area contributed by atoms with Crippen LogP contribution in [0.25, 0.3) is 11.2 Å². The predicted molar refractivity (Wildman–Crippen MR) is 63.0 cm³/mol. The van der Waals surface area contributed by atoms with Crippen LogP contribution in [-0.4, -0.2) is 43.9 Å². The average Bonchev–Trinajstić information content (AvgIpc) is 2.93. The Morgan fingerprint density at radius 3 is 3.22 bits per heavy atom. The molecular weight excluding hydrogens is 238 g/mol. The lowest BCUT2D eigenvalue weighted by atomic mass is 10.2. The van der Waals surface area contributed by atoms with E-state index in [1.54, 1.807) is 10.9 Å². The molecule has 8 heteroatoms. The van der Waals surface area contributed by atoms with Gasteiger partial charge in [-0.3, -0.25) is 9.78 Å². The molecule has 0 radical (unpaired) electrons. The molecule has 96 valence electrons. The number of aliphatic hydroxyl groups excluding tert-OH is 1. The first kappa shape index (κ1) is 11.2. The molecule has 0 unspecified atom stereocenters. The van der Waals surface area contributed by atoms with Crippen LogP contribution in [0.15, 0.2) is 11.1 Å². The minimum Gasteiger partial charge on any atom is -0.394 e. The molecule has 3 heterocycles. The van der Waals surface area contributed by atoms with Crippen LogP contribution in [0.3, 0.4) is 0 Å². The molecule has 0 saturated carbocycles. The number of nitrogens with zero attached hydrogens (tertiary/aromatic N) is 3. The van der Waals surface area contributed by atoms with Gasteiger partial charge in [0.1, 0.15) is 0 Å². The molecule has 1 aliphatic heterocycles. The summed E-state index contributed by atoms with van der Waals surface area (Å²) in [5.74, 6) is 0.0619. The first-order chi connectivity index (χ1) is 8.69. The van der Waals surface area contributed by atoms with Gasteiger partial charge in [-0.05, 0) is 6.42 Å². The number of fused-ring (bicyclic) bond motifs is 1. The van der Waals surface area contributed by atoms with Gasteiger partial charge in [-0.25, -0.2) is 4.98 Å². The van der Waals surface area contributed by atoms with Crippen LogP contribution in [0, 0.1) is 0 Å². The maximum absolute atomic E-state index is 11.6. The van der Waals surface area contributed by atoms with Gasteiger partial charge in [-0.15, -0.1) is 0 Å². The third kappa shape index (κ3) is 1.66. The van der Waals surface area contributed by atoms with Crippen molar-refractivity contribution >= 4 is 17.1 Å². The minimum absolute atomic E-state index is 0.0146. The van der Waals surface area contributed by atoms with Crippen molar-refractivity contribution in [3.8, 4) is 0 Å². The molecule has 8 nitrogen and oxygen atoms in total. The fraction of sp³-hybridized carbons (Fsp3) is 0.500. The summed E-state index contributed by atoms with van der Waals surface area (Å²) < 4.78 is 7.18. The van der Waals surface area contributed by atoms with Gasteiger partial charge in [0.15, 0.2) is 11.2 Å². The molecule has 1 aliphatic rings. The molecule has 18 heavy (non-hydrogen) atoms. The van der Waals surface area contributed by atoms with Gasteiger partial charge >= 0.3 is 0 Å². The van der Waals surface area contributed by atoms with Crippen molar-refractivity contribution in [2.24, 2.45) is 0 Å². The second-order valence-electron chi connectivity index (χ2n) is 4.30. The Morgan fingerprint density at radius 1 is 1.67 bits per heavy atom. The molecule has 0 aromatic carbocycles. The van der Waals surface area contributed by atoms with Crippen molar-refractivity contribution in [1.29, 1.82) is 0 Å². The Bertz CT molecular complexity index is 634. The van der Waals surface area contributed by atoms with Gasteiger partial charge in [0.25, 0.3) is 5.56 Å². The van der Waals surface area contributed by atoms with E-state index in [1.807, 2.05) is 0 Å². The number of nitrogen functional groups attached to an aromatic ring is 1. The molecule has 0 spiro atoms. The van der Waals surface area contributed by atoms with E-state index in [9.17, 15) is 4.79 Å². The highest BCUT2D eigenvalue weighted by molar-refractivity contribution is 5.70. The number of nitrogens with one attached hydrogen (secondary N) is 1. The largest absolute Gasteiger partial charge is 0.394 e. The number of imidazole rings is 1. The quantitative estimate of drug-likeness (QED) is 0.631. The normalized spacial score (nSPS) is 23.8. The molecule has 2 aromatic heterocycles. The Hall–Kier alpha value is -1.93. The standard InChI is InChI=1S/C10H13N5O3/c11-10-13-8-7(9(17)14-10)12-4-15(8)5-1-6(2-16)18-3-5/h4-6,16H,1-3H2,(H3,11,13,14,17)/t5-,6-/m0/s1. The van der Waals surface area contributed by atoms with Crippen LogP contribution >= 0.6 is 0 Å². The van der Waals surface area contributed by atoms with Crippen molar-refractivity contribution in [2.45, 2.75) is 18.6 Å². The average molecular weight is 251 g/mol. The van der Waals surface area contributed by atoms with Crippen LogP contribution in [0.2, 0.25) is 0 Å². The van der Waals surface area contributed by atoms with Crippen molar-refractivity contribution < 1.29 is 9.84 Å². The lowest BCUT2D eigenvalue weighted by Crippen LogP contribution is -2.14. The summed E-state index contributed by atoms with van der Waals surface area (Å²) in [7, 11) is 0. The van der Waals surface area contributed by atoms with Crippen LogP contribution < -0.4 is 11.3 Å². The van der Waals surface area contributed by atoms with Crippen molar-refractivity contribution in [2.75, 3.05) is 18.9 Å². The van der Waals surface area contributed by atoms with Crippen molar-refractivity contribution in [3.63, 3.8) is 0 Å². The lowest BCUT2D eigenvalue weighted by Gasteiger charge is -2.10. The fourth-order valence-corrected chi connectivity index (χ4v) is 2.22. The summed E-state index contributed by atoms with van der Waals surface area (Å²) in [5, 5.41) is 9.04. The SMILES string of the molecule is Nc1nc2c(ncn2[C@@H]2CO[C@H](CO)C2)c(=O)[nH]1. The van der Waals surface area contributed by atoms with E-state index in [4.69, 9.17) is 15.6 Å². The van der Waals surface area contributed by atoms with Gasteiger partial charge in [0.05, 0.1) is 31.7 Å². The smallest absolute Gasteiger partial charge is 0.280 e. The second-order valence-corrected chi connectivity index (χ2v) is 4.30. The molecule has 4 N–H and O–H groups in total. The molecule has 0 aliphatic carbocycles.